The molecule has 7 nitrogen and oxygen atoms in total. The molecule has 3 N–H and O–H groups in total. The van der Waals surface area contributed by atoms with Gasteiger partial charge < -0.3 is 24.8 Å². The van der Waals surface area contributed by atoms with Gasteiger partial charge in [-0.2, -0.15) is 0 Å². The summed E-state index contributed by atoms with van der Waals surface area (Å²) in [6.07, 6.45) is -0.0778. The molecule has 0 heterocycles. The summed E-state index contributed by atoms with van der Waals surface area (Å²) in [4.78, 5) is 23.3. The molecule has 4 rings (SSSR count). The first-order valence-electron chi connectivity index (χ1n) is 11.3. The number of aliphatic hydroxyl groups excluding tert-OH is 1. The van der Waals surface area contributed by atoms with Gasteiger partial charge in [0, 0.05) is 0 Å². The topological polar surface area (TPSA) is 113 Å². The molecule has 0 amide bonds. The molecule has 0 bridgehead atoms. The number of aromatic hydroxyl groups is 2. The average molecular weight is 477 g/mol. The number of phenols is 2. The maximum Gasteiger partial charge on any atom is 0.338 e. The second-order valence-electron chi connectivity index (χ2n) is 7.87. The van der Waals surface area contributed by atoms with Gasteiger partial charge in [0.25, 0.3) is 0 Å². The number of esters is 2. The first-order chi connectivity index (χ1) is 16.8. The minimum absolute atomic E-state index is 0.00292. The van der Waals surface area contributed by atoms with Crippen molar-refractivity contribution in [2.24, 2.45) is 0 Å². The van der Waals surface area contributed by atoms with Crippen LogP contribution in [0.3, 0.4) is 0 Å². The standard InChI is InChI=1S/C15H16O4.C13H12O3/c1-2-13(16)9-19-15(18)12-4-3-11-8-14(17)6-5-10(11)7-12;1-2-16-13(15)11-4-3-10-8-12(14)6-5-9(10)7-11/h3-8,13,16-17H,2,9H2,1H3;3-8,14H,2H2,1H3. The van der Waals surface area contributed by atoms with E-state index in [0.717, 1.165) is 21.5 Å². The highest BCUT2D eigenvalue weighted by molar-refractivity contribution is 5.96. The summed E-state index contributed by atoms with van der Waals surface area (Å²) in [5, 5.41) is 31.5. The highest BCUT2D eigenvalue weighted by Gasteiger charge is 2.11. The summed E-state index contributed by atoms with van der Waals surface area (Å²) in [7, 11) is 0. The third-order valence-electron chi connectivity index (χ3n) is 5.27. The van der Waals surface area contributed by atoms with E-state index < -0.39 is 12.1 Å². The van der Waals surface area contributed by atoms with E-state index in [1.165, 1.54) is 0 Å². The van der Waals surface area contributed by atoms with Crippen LogP contribution < -0.4 is 0 Å². The molecular weight excluding hydrogens is 448 g/mol. The molecule has 0 radical (unpaired) electrons. The normalized spacial score (nSPS) is 11.4. The molecule has 182 valence electrons. The van der Waals surface area contributed by atoms with Gasteiger partial charge in [0.15, 0.2) is 0 Å². The maximum atomic E-state index is 11.8. The number of hydrogen-bond donors (Lipinski definition) is 3. The Labute approximate surface area is 203 Å². The van der Waals surface area contributed by atoms with Crippen LogP contribution >= 0.6 is 0 Å². The van der Waals surface area contributed by atoms with Crippen LogP contribution in [0.5, 0.6) is 11.5 Å². The predicted octanol–water partition coefficient (Wildman–Crippen LogP) is 5.20. The second-order valence-corrected chi connectivity index (χ2v) is 7.87. The van der Waals surface area contributed by atoms with Gasteiger partial charge in [-0.3, -0.25) is 0 Å². The molecule has 0 fully saturated rings. The van der Waals surface area contributed by atoms with E-state index in [0.29, 0.717) is 24.2 Å². The number of aliphatic hydroxyl groups is 1. The van der Waals surface area contributed by atoms with Gasteiger partial charge in [0.1, 0.15) is 18.1 Å². The molecule has 0 aliphatic heterocycles. The van der Waals surface area contributed by atoms with Gasteiger partial charge in [-0.15, -0.1) is 0 Å². The van der Waals surface area contributed by atoms with Crippen molar-refractivity contribution in [2.45, 2.75) is 26.4 Å². The van der Waals surface area contributed by atoms with Crippen LogP contribution in [0.15, 0.2) is 72.8 Å². The molecular formula is C28H28O7. The lowest BCUT2D eigenvalue weighted by atomic mass is 10.1. The van der Waals surface area contributed by atoms with E-state index in [-0.39, 0.29) is 24.1 Å². The molecule has 1 atom stereocenters. The van der Waals surface area contributed by atoms with E-state index in [1.807, 2.05) is 6.92 Å². The number of rotatable bonds is 6. The number of hydrogen-bond acceptors (Lipinski definition) is 7. The summed E-state index contributed by atoms with van der Waals surface area (Å²) in [5.74, 6) is -0.370. The molecule has 0 saturated carbocycles. The first kappa shape index (κ1) is 25.5. The Bertz CT molecular complexity index is 1330. The number of ether oxygens (including phenoxy) is 2. The van der Waals surface area contributed by atoms with Crippen LogP contribution in [-0.4, -0.2) is 46.6 Å². The van der Waals surface area contributed by atoms with Crippen molar-refractivity contribution in [3.8, 4) is 11.5 Å². The van der Waals surface area contributed by atoms with Gasteiger partial charge in [0.2, 0.25) is 0 Å². The first-order valence-corrected chi connectivity index (χ1v) is 11.3. The Morgan fingerprint density at radius 1 is 0.686 bits per heavy atom. The van der Waals surface area contributed by atoms with Crippen LogP contribution in [0.2, 0.25) is 0 Å². The zero-order chi connectivity index (χ0) is 25.4. The monoisotopic (exact) mass is 476 g/mol. The summed E-state index contributed by atoms with van der Waals surface area (Å²) in [6, 6.07) is 20.3. The lowest BCUT2D eigenvalue weighted by molar-refractivity contribution is 0.0250. The summed E-state index contributed by atoms with van der Waals surface area (Å²) in [6.45, 7) is 3.97. The minimum atomic E-state index is -0.624. The number of phenolic OH excluding ortho intramolecular Hbond substituents is 2. The molecule has 0 spiro atoms. The molecule has 0 saturated heterocycles. The van der Waals surface area contributed by atoms with Crippen LogP contribution in [0.4, 0.5) is 0 Å². The number of carbonyl (C=O) groups excluding carboxylic acids is 2. The lowest BCUT2D eigenvalue weighted by Crippen LogP contribution is -2.17. The largest absolute Gasteiger partial charge is 0.508 e. The van der Waals surface area contributed by atoms with Crippen molar-refractivity contribution in [3.05, 3.63) is 83.9 Å². The Kier molecular flexibility index (Phi) is 8.64. The third-order valence-corrected chi connectivity index (χ3v) is 5.27. The number of benzene rings is 4. The van der Waals surface area contributed by atoms with Crippen molar-refractivity contribution in [2.75, 3.05) is 13.2 Å². The van der Waals surface area contributed by atoms with E-state index >= 15 is 0 Å². The van der Waals surface area contributed by atoms with Crippen LogP contribution in [0, 0.1) is 0 Å². The van der Waals surface area contributed by atoms with Crippen LogP contribution in [-0.2, 0) is 9.47 Å². The summed E-state index contributed by atoms with van der Waals surface area (Å²) < 4.78 is 9.93. The molecule has 0 aliphatic carbocycles. The van der Waals surface area contributed by atoms with Crippen molar-refractivity contribution in [1.29, 1.82) is 0 Å². The van der Waals surface area contributed by atoms with Gasteiger partial charge in [-0.05, 0) is 83.4 Å². The van der Waals surface area contributed by atoms with Crippen LogP contribution in [0.25, 0.3) is 21.5 Å². The van der Waals surface area contributed by atoms with Crippen molar-refractivity contribution in [3.63, 3.8) is 0 Å². The molecule has 4 aromatic carbocycles. The molecule has 0 aromatic heterocycles. The SMILES string of the molecule is CCC(O)COC(=O)c1ccc2cc(O)ccc2c1.CCOC(=O)c1ccc2cc(O)ccc2c1. The number of carbonyl (C=O) groups is 2. The zero-order valence-corrected chi connectivity index (χ0v) is 19.6. The van der Waals surface area contributed by atoms with Crippen molar-refractivity contribution < 1.29 is 34.4 Å². The Balaban J connectivity index is 0.000000198. The molecule has 7 heteroatoms. The summed E-state index contributed by atoms with van der Waals surface area (Å²) in [5.41, 5.74) is 0.960. The van der Waals surface area contributed by atoms with E-state index in [2.05, 4.69) is 0 Å². The van der Waals surface area contributed by atoms with Crippen molar-refractivity contribution in [1.82, 2.24) is 0 Å². The molecule has 0 aliphatic rings. The minimum Gasteiger partial charge on any atom is -0.508 e. The molecule has 1 unspecified atom stereocenters. The quantitative estimate of drug-likeness (QED) is 0.328. The van der Waals surface area contributed by atoms with Crippen molar-refractivity contribution >= 4 is 33.5 Å². The zero-order valence-electron chi connectivity index (χ0n) is 19.6. The smallest absolute Gasteiger partial charge is 0.338 e. The lowest BCUT2D eigenvalue weighted by Gasteiger charge is -2.09. The van der Waals surface area contributed by atoms with Gasteiger partial charge in [-0.1, -0.05) is 31.2 Å². The third kappa shape index (κ3) is 6.94. The Hall–Kier alpha value is -4.10. The van der Waals surface area contributed by atoms with Crippen LogP contribution in [0.1, 0.15) is 41.0 Å². The Morgan fingerprint density at radius 2 is 1.11 bits per heavy atom. The van der Waals surface area contributed by atoms with Gasteiger partial charge >= 0.3 is 11.9 Å². The van der Waals surface area contributed by atoms with Gasteiger partial charge in [0.05, 0.1) is 23.8 Å². The maximum absolute atomic E-state index is 11.8. The average Bonchev–Trinajstić information content (AvgIpc) is 2.86. The highest BCUT2D eigenvalue weighted by atomic mass is 16.5. The fourth-order valence-corrected chi connectivity index (χ4v) is 3.31. The molecule has 4 aromatic rings. The van der Waals surface area contributed by atoms with E-state index in [9.17, 15) is 24.9 Å². The fourth-order valence-electron chi connectivity index (χ4n) is 3.31. The summed E-state index contributed by atoms with van der Waals surface area (Å²) >= 11 is 0. The Morgan fingerprint density at radius 3 is 1.57 bits per heavy atom. The number of fused-ring (bicyclic) bond motifs is 2. The fraction of sp³-hybridized carbons (Fsp3) is 0.214. The second kappa shape index (κ2) is 11.9. The molecule has 35 heavy (non-hydrogen) atoms. The highest BCUT2D eigenvalue weighted by Crippen LogP contribution is 2.22. The van der Waals surface area contributed by atoms with E-state index in [1.54, 1.807) is 79.7 Å². The predicted molar refractivity (Wildman–Crippen MR) is 134 cm³/mol. The van der Waals surface area contributed by atoms with E-state index in [4.69, 9.17) is 9.47 Å². The van der Waals surface area contributed by atoms with Gasteiger partial charge in [-0.25, -0.2) is 9.59 Å².